The first kappa shape index (κ1) is 29.6. The van der Waals surface area contributed by atoms with E-state index in [4.69, 9.17) is 27.0 Å². The molecular formula is C32H43BN4O4. The van der Waals surface area contributed by atoms with Crippen molar-refractivity contribution in [2.75, 3.05) is 58.0 Å². The minimum absolute atomic E-state index is 0.196. The molecule has 9 heteroatoms. The van der Waals surface area contributed by atoms with Gasteiger partial charge in [0.25, 0.3) is 0 Å². The Labute approximate surface area is 245 Å². The molecule has 2 aliphatic heterocycles. The van der Waals surface area contributed by atoms with Crippen molar-refractivity contribution in [3.8, 4) is 11.3 Å². The van der Waals surface area contributed by atoms with E-state index in [0.717, 1.165) is 84.9 Å². The topological polar surface area (TPSA) is 69.1 Å². The lowest BCUT2D eigenvalue weighted by molar-refractivity contribution is -0.143. The molecule has 0 aliphatic carbocycles. The highest BCUT2D eigenvalue weighted by molar-refractivity contribution is 6.33. The lowest BCUT2D eigenvalue weighted by atomic mass is 9.83. The number of aryl methyl sites for hydroxylation is 1. The Morgan fingerprint density at radius 2 is 2.05 bits per heavy atom. The van der Waals surface area contributed by atoms with Crippen LogP contribution < -0.4 is 10.4 Å². The molecule has 3 aromatic rings. The second-order valence-electron chi connectivity index (χ2n) is 12.2. The number of esters is 1. The van der Waals surface area contributed by atoms with Crippen LogP contribution in [0, 0.1) is 5.41 Å². The van der Waals surface area contributed by atoms with Crippen LogP contribution in [0.3, 0.4) is 0 Å². The highest BCUT2D eigenvalue weighted by atomic mass is 16.5. The number of nitrogens with zero attached hydrogens (tertiary/aromatic N) is 4. The number of hydrogen-bond acceptors (Lipinski definition) is 7. The normalized spacial score (nSPS) is 18.9. The predicted molar refractivity (Wildman–Crippen MR) is 164 cm³/mol. The van der Waals surface area contributed by atoms with Crippen LogP contribution in [0.5, 0.6) is 0 Å². The molecule has 0 amide bonds. The van der Waals surface area contributed by atoms with E-state index in [2.05, 4.69) is 53.3 Å². The molecule has 1 aromatic carbocycles. The van der Waals surface area contributed by atoms with Gasteiger partial charge in [0.1, 0.15) is 7.85 Å². The van der Waals surface area contributed by atoms with Gasteiger partial charge >= 0.3 is 5.97 Å². The Morgan fingerprint density at radius 1 is 1.24 bits per heavy atom. The summed E-state index contributed by atoms with van der Waals surface area (Å²) in [6, 6.07) is 8.83. The molecule has 0 unspecified atom stereocenters. The van der Waals surface area contributed by atoms with Gasteiger partial charge in [0.05, 0.1) is 55.2 Å². The highest BCUT2D eigenvalue weighted by Crippen LogP contribution is 2.41. The number of anilines is 1. The van der Waals surface area contributed by atoms with Crippen LogP contribution >= 0.6 is 0 Å². The molecule has 4 heterocycles. The number of piperazine rings is 1. The number of ether oxygens (including phenoxy) is 3. The van der Waals surface area contributed by atoms with Crippen molar-refractivity contribution in [2.24, 2.45) is 5.41 Å². The number of aromatic nitrogens is 2. The van der Waals surface area contributed by atoms with Crippen molar-refractivity contribution in [1.82, 2.24) is 14.5 Å². The zero-order valence-corrected chi connectivity index (χ0v) is 25.4. The van der Waals surface area contributed by atoms with Gasteiger partial charge in [-0.1, -0.05) is 31.4 Å². The van der Waals surface area contributed by atoms with Crippen LogP contribution in [0.25, 0.3) is 22.2 Å². The van der Waals surface area contributed by atoms with Crippen LogP contribution in [0.2, 0.25) is 0 Å². The average molecular weight is 559 g/mol. The summed E-state index contributed by atoms with van der Waals surface area (Å²) in [6.07, 6.45) is 2.50. The van der Waals surface area contributed by atoms with Crippen LogP contribution in [-0.4, -0.2) is 87.4 Å². The molecule has 2 aliphatic rings. The Morgan fingerprint density at radius 3 is 2.78 bits per heavy atom. The molecule has 0 N–H and O–H groups in total. The minimum Gasteiger partial charge on any atom is -0.465 e. The average Bonchev–Trinajstić information content (AvgIpc) is 3.26. The van der Waals surface area contributed by atoms with Gasteiger partial charge in [0, 0.05) is 68.6 Å². The van der Waals surface area contributed by atoms with E-state index in [9.17, 15) is 4.79 Å². The van der Waals surface area contributed by atoms with Gasteiger partial charge in [-0.25, -0.2) is 0 Å². The molecule has 41 heavy (non-hydrogen) atoms. The van der Waals surface area contributed by atoms with E-state index >= 15 is 0 Å². The largest absolute Gasteiger partial charge is 0.465 e. The predicted octanol–water partition coefficient (Wildman–Crippen LogP) is 3.88. The van der Waals surface area contributed by atoms with Crippen molar-refractivity contribution in [1.29, 1.82) is 0 Å². The number of pyridine rings is 1. The van der Waals surface area contributed by atoms with Crippen molar-refractivity contribution < 1.29 is 19.0 Å². The van der Waals surface area contributed by atoms with Gasteiger partial charge < -0.3 is 23.7 Å². The summed E-state index contributed by atoms with van der Waals surface area (Å²) >= 11 is 0. The van der Waals surface area contributed by atoms with Crippen molar-refractivity contribution in [3.63, 3.8) is 0 Å². The minimum atomic E-state index is -0.298. The maximum atomic E-state index is 11.7. The van der Waals surface area contributed by atoms with Crippen LogP contribution in [0.4, 0.5) is 5.69 Å². The van der Waals surface area contributed by atoms with E-state index in [1.165, 1.54) is 12.5 Å². The summed E-state index contributed by atoms with van der Waals surface area (Å²) in [4.78, 5) is 21.7. The molecule has 2 radical (unpaired) electrons. The highest BCUT2D eigenvalue weighted by Gasteiger charge is 2.32. The summed E-state index contributed by atoms with van der Waals surface area (Å²) in [5.41, 5.74) is 6.93. The van der Waals surface area contributed by atoms with E-state index in [1.54, 1.807) is 7.11 Å². The first-order valence-electron chi connectivity index (χ1n) is 14.8. The van der Waals surface area contributed by atoms with Crippen LogP contribution in [0.15, 0.2) is 30.5 Å². The summed E-state index contributed by atoms with van der Waals surface area (Å²) in [7, 11) is 8.07. The Hall–Kier alpha value is -2.88. The second kappa shape index (κ2) is 12.2. The van der Waals surface area contributed by atoms with E-state index in [1.807, 2.05) is 19.2 Å². The first-order chi connectivity index (χ1) is 19.6. The van der Waals surface area contributed by atoms with Crippen molar-refractivity contribution in [2.45, 2.75) is 59.7 Å². The maximum Gasteiger partial charge on any atom is 0.302 e. The van der Waals surface area contributed by atoms with E-state index in [-0.39, 0.29) is 17.5 Å². The summed E-state index contributed by atoms with van der Waals surface area (Å²) < 4.78 is 19.5. The third-order valence-corrected chi connectivity index (χ3v) is 8.53. The Kier molecular flexibility index (Phi) is 8.78. The second-order valence-corrected chi connectivity index (χ2v) is 12.2. The zero-order valence-electron chi connectivity index (χ0n) is 25.4. The van der Waals surface area contributed by atoms with Gasteiger partial charge in [-0.05, 0) is 38.0 Å². The van der Waals surface area contributed by atoms with Crippen molar-refractivity contribution in [3.05, 3.63) is 41.7 Å². The molecule has 2 fully saturated rings. The van der Waals surface area contributed by atoms with Crippen LogP contribution in [-0.2, 0) is 32.0 Å². The van der Waals surface area contributed by atoms with Crippen molar-refractivity contribution >= 4 is 35.9 Å². The van der Waals surface area contributed by atoms with Gasteiger partial charge in [0.15, 0.2) is 0 Å². The fraction of sp³-hybridized carbons (Fsp3) is 0.562. The van der Waals surface area contributed by atoms with Gasteiger partial charge in [0.2, 0.25) is 0 Å². The molecule has 2 aromatic heterocycles. The Bertz CT molecular complexity index is 1400. The number of fused-ring (bicyclic) bond motifs is 2. The SMILES string of the molecule is [B]c1ccc2c(c1)c(CC(C)(C)COC(C)=O)c(-c1cc(N3CCN4CCOC[C@@H]4C3)cnc1[C@H](C)OC)n2CC. The van der Waals surface area contributed by atoms with Crippen LogP contribution in [0.1, 0.15) is 52.0 Å². The number of methoxy groups -OCH3 is 1. The number of carbonyl (C=O) groups excluding carboxylic acids is 1. The molecule has 0 bridgehead atoms. The zero-order chi connectivity index (χ0) is 29.3. The fourth-order valence-corrected chi connectivity index (χ4v) is 6.33. The fourth-order valence-electron chi connectivity index (χ4n) is 6.33. The number of morpholine rings is 1. The van der Waals surface area contributed by atoms with Gasteiger partial charge in [-0.15, -0.1) is 0 Å². The number of rotatable bonds is 9. The smallest absolute Gasteiger partial charge is 0.302 e. The van der Waals surface area contributed by atoms with E-state index in [0.29, 0.717) is 19.1 Å². The lowest BCUT2D eigenvalue weighted by Gasteiger charge is -2.44. The maximum absolute atomic E-state index is 11.7. The number of benzene rings is 1. The third-order valence-electron chi connectivity index (χ3n) is 8.53. The molecule has 0 spiro atoms. The standard InChI is InChI=1S/C32H43BN4O4/c1-7-37-29-9-8-23(33)14-26(29)28(16-32(4,5)20-41-22(3)38)31(37)27-15-24(17-34-30(27)21(2)39-6)36-11-10-35-12-13-40-19-25(35)18-36/h8-9,14-15,17,21,25H,7,10-13,16,18-20H2,1-6H3/t21-,25-/m0/s1. The molecular weight excluding hydrogens is 515 g/mol. The molecule has 2 saturated heterocycles. The number of carbonyl (C=O) groups is 1. The monoisotopic (exact) mass is 558 g/mol. The molecule has 8 nitrogen and oxygen atoms in total. The van der Waals surface area contributed by atoms with Gasteiger partial charge in [-0.2, -0.15) is 0 Å². The molecule has 0 saturated carbocycles. The molecule has 5 rings (SSSR count). The summed E-state index contributed by atoms with van der Waals surface area (Å²) in [5, 5.41) is 1.12. The molecule has 218 valence electrons. The quantitative estimate of drug-likeness (QED) is 0.292. The Balaban J connectivity index is 1.67. The summed E-state index contributed by atoms with van der Waals surface area (Å²) in [5.74, 6) is -0.268. The third kappa shape index (κ3) is 6.18. The van der Waals surface area contributed by atoms with E-state index < -0.39 is 0 Å². The lowest BCUT2D eigenvalue weighted by Crippen LogP contribution is -2.58. The number of hydrogen-bond donors (Lipinski definition) is 0. The first-order valence-corrected chi connectivity index (χ1v) is 14.8. The van der Waals surface area contributed by atoms with Gasteiger partial charge in [-0.3, -0.25) is 14.7 Å². The summed E-state index contributed by atoms with van der Waals surface area (Å²) in [6.45, 7) is 16.5. The molecule has 2 atom stereocenters.